The number of carbonyl (C=O) groups is 3. The highest BCUT2D eigenvalue weighted by Gasteiger charge is 2.37. The van der Waals surface area contributed by atoms with Gasteiger partial charge in [-0.1, -0.05) is 26.7 Å². The zero-order valence-electron chi connectivity index (χ0n) is 14.0. The van der Waals surface area contributed by atoms with E-state index in [-0.39, 0.29) is 23.9 Å². The van der Waals surface area contributed by atoms with Crippen LogP contribution in [0.2, 0.25) is 0 Å². The van der Waals surface area contributed by atoms with Gasteiger partial charge >= 0.3 is 6.03 Å². The molecule has 2 aliphatic rings. The van der Waals surface area contributed by atoms with E-state index < -0.39 is 18.0 Å². The Morgan fingerprint density at radius 3 is 2.30 bits per heavy atom. The largest absolute Gasteiger partial charge is 0.368 e. The van der Waals surface area contributed by atoms with Gasteiger partial charge in [0.25, 0.3) is 0 Å². The zero-order chi connectivity index (χ0) is 17.0. The molecule has 23 heavy (non-hydrogen) atoms. The third kappa shape index (κ3) is 4.36. The molecule has 1 saturated heterocycles. The van der Waals surface area contributed by atoms with Crippen LogP contribution < -0.4 is 16.4 Å². The first-order chi connectivity index (χ1) is 10.9. The quantitative estimate of drug-likeness (QED) is 0.694. The molecule has 1 aliphatic carbocycles. The van der Waals surface area contributed by atoms with Crippen molar-refractivity contribution in [2.45, 2.75) is 70.5 Å². The molecule has 0 aromatic rings. The summed E-state index contributed by atoms with van der Waals surface area (Å²) in [5, 5.41) is 5.72. The molecule has 4 amide bonds. The molecule has 2 fully saturated rings. The molecule has 1 saturated carbocycles. The van der Waals surface area contributed by atoms with Gasteiger partial charge in [-0.3, -0.25) is 9.59 Å². The summed E-state index contributed by atoms with van der Waals surface area (Å²) in [7, 11) is 0. The van der Waals surface area contributed by atoms with Crippen LogP contribution in [0.15, 0.2) is 0 Å². The summed E-state index contributed by atoms with van der Waals surface area (Å²) in [6.07, 6.45) is 5.60. The van der Waals surface area contributed by atoms with Crippen molar-refractivity contribution in [2.24, 2.45) is 11.7 Å². The first-order valence-corrected chi connectivity index (χ1v) is 8.57. The molecule has 4 N–H and O–H groups in total. The summed E-state index contributed by atoms with van der Waals surface area (Å²) < 4.78 is 0. The minimum Gasteiger partial charge on any atom is -0.368 e. The third-order valence-corrected chi connectivity index (χ3v) is 4.77. The van der Waals surface area contributed by atoms with Crippen molar-refractivity contribution >= 4 is 17.8 Å². The number of hydrogen-bond donors (Lipinski definition) is 3. The van der Waals surface area contributed by atoms with Crippen LogP contribution in [0, 0.1) is 5.92 Å². The maximum Gasteiger partial charge on any atom is 0.315 e. The van der Waals surface area contributed by atoms with E-state index in [2.05, 4.69) is 10.6 Å². The van der Waals surface area contributed by atoms with Gasteiger partial charge in [0.2, 0.25) is 11.8 Å². The number of likely N-dealkylation sites (tertiary alicyclic amines) is 1. The lowest BCUT2D eigenvalue weighted by Gasteiger charge is -2.30. The average Bonchev–Trinajstić information content (AvgIpc) is 3.14. The Balaban J connectivity index is 1.98. The molecule has 1 aliphatic heterocycles. The molecule has 7 nitrogen and oxygen atoms in total. The Hall–Kier alpha value is -1.79. The van der Waals surface area contributed by atoms with E-state index in [0.717, 1.165) is 32.1 Å². The second kappa shape index (κ2) is 7.66. The first-order valence-electron chi connectivity index (χ1n) is 8.57. The van der Waals surface area contributed by atoms with Crippen molar-refractivity contribution < 1.29 is 14.4 Å². The number of nitrogens with zero attached hydrogens (tertiary/aromatic N) is 1. The lowest BCUT2D eigenvalue weighted by atomic mass is 10.0. The number of amides is 4. The van der Waals surface area contributed by atoms with E-state index in [1.54, 1.807) is 0 Å². The van der Waals surface area contributed by atoms with Crippen molar-refractivity contribution in [3.8, 4) is 0 Å². The van der Waals surface area contributed by atoms with Crippen LogP contribution in [-0.4, -0.2) is 47.4 Å². The van der Waals surface area contributed by atoms with E-state index in [4.69, 9.17) is 5.73 Å². The predicted molar refractivity (Wildman–Crippen MR) is 86.5 cm³/mol. The van der Waals surface area contributed by atoms with Crippen LogP contribution in [-0.2, 0) is 9.59 Å². The molecule has 0 bridgehead atoms. The number of rotatable bonds is 5. The molecule has 0 unspecified atom stereocenters. The third-order valence-electron chi connectivity index (χ3n) is 4.77. The Morgan fingerprint density at radius 2 is 1.74 bits per heavy atom. The van der Waals surface area contributed by atoms with Crippen LogP contribution in [0.3, 0.4) is 0 Å². The van der Waals surface area contributed by atoms with Gasteiger partial charge in [0.05, 0.1) is 0 Å². The fourth-order valence-corrected chi connectivity index (χ4v) is 3.46. The SMILES string of the molecule is CC(C)[C@H](NC(=O)NC1CCCC1)C(=O)N1CCC[C@H]1C(N)=O. The fraction of sp³-hybridized carbons (Fsp3) is 0.812. The molecule has 0 aromatic heterocycles. The van der Waals surface area contributed by atoms with Crippen molar-refractivity contribution in [3.63, 3.8) is 0 Å². The number of primary amides is 1. The highest BCUT2D eigenvalue weighted by molar-refractivity contribution is 5.92. The summed E-state index contributed by atoms with van der Waals surface area (Å²) >= 11 is 0. The Bertz CT molecular complexity index is 460. The molecule has 0 aromatic carbocycles. The lowest BCUT2D eigenvalue weighted by molar-refractivity contribution is -0.139. The van der Waals surface area contributed by atoms with Gasteiger partial charge in [-0.25, -0.2) is 4.79 Å². The highest BCUT2D eigenvalue weighted by atomic mass is 16.2. The molecule has 2 atom stereocenters. The molecule has 0 radical (unpaired) electrons. The second-order valence-electron chi connectivity index (χ2n) is 6.91. The van der Waals surface area contributed by atoms with E-state index >= 15 is 0 Å². The maximum absolute atomic E-state index is 12.8. The lowest BCUT2D eigenvalue weighted by Crippen LogP contribution is -2.56. The van der Waals surface area contributed by atoms with Crippen LogP contribution in [0.5, 0.6) is 0 Å². The molecule has 2 rings (SSSR count). The molecule has 130 valence electrons. The smallest absolute Gasteiger partial charge is 0.315 e. The molecule has 1 heterocycles. The standard InChI is InChI=1S/C16H28N4O3/c1-10(2)13(19-16(23)18-11-6-3-4-7-11)15(22)20-9-5-8-12(20)14(17)21/h10-13H,3-9H2,1-2H3,(H2,17,21)(H2,18,19,23)/t12-,13-/m0/s1. The van der Waals surface area contributed by atoms with E-state index in [0.29, 0.717) is 13.0 Å². The molecular formula is C16H28N4O3. The minimum absolute atomic E-state index is 0.0639. The number of nitrogens with one attached hydrogen (secondary N) is 2. The number of carbonyl (C=O) groups excluding carboxylic acids is 3. The summed E-state index contributed by atoms with van der Waals surface area (Å²) in [5.74, 6) is -0.761. The Morgan fingerprint density at radius 1 is 1.09 bits per heavy atom. The summed E-state index contributed by atoms with van der Waals surface area (Å²) in [4.78, 5) is 37.9. The molecule has 7 heteroatoms. The number of nitrogens with two attached hydrogens (primary N) is 1. The highest BCUT2D eigenvalue weighted by Crippen LogP contribution is 2.20. The van der Waals surface area contributed by atoms with E-state index in [1.807, 2.05) is 13.8 Å². The number of urea groups is 1. The molecule has 0 spiro atoms. The maximum atomic E-state index is 12.8. The van der Waals surface area contributed by atoms with E-state index in [9.17, 15) is 14.4 Å². The number of hydrogen-bond acceptors (Lipinski definition) is 3. The van der Waals surface area contributed by atoms with Gasteiger partial charge in [0.15, 0.2) is 0 Å². The minimum atomic E-state index is -0.642. The topological polar surface area (TPSA) is 105 Å². The van der Waals surface area contributed by atoms with Gasteiger partial charge in [0, 0.05) is 12.6 Å². The Labute approximate surface area is 137 Å². The summed E-state index contributed by atoms with van der Waals surface area (Å²) in [5.41, 5.74) is 5.38. The van der Waals surface area contributed by atoms with Crippen molar-refractivity contribution in [2.75, 3.05) is 6.54 Å². The monoisotopic (exact) mass is 324 g/mol. The fourth-order valence-electron chi connectivity index (χ4n) is 3.46. The zero-order valence-corrected chi connectivity index (χ0v) is 14.0. The summed E-state index contributed by atoms with van der Waals surface area (Å²) in [6, 6.07) is -1.30. The predicted octanol–water partition coefficient (Wildman–Crippen LogP) is 0.729. The van der Waals surface area contributed by atoms with Gasteiger partial charge in [0.1, 0.15) is 12.1 Å². The van der Waals surface area contributed by atoms with Crippen molar-refractivity contribution in [3.05, 3.63) is 0 Å². The Kier molecular flexibility index (Phi) is 5.85. The van der Waals surface area contributed by atoms with Gasteiger partial charge < -0.3 is 21.3 Å². The average molecular weight is 324 g/mol. The normalized spacial score (nSPS) is 23.1. The second-order valence-corrected chi connectivity index (χ2v) is 6.91. The van der Waals surface area contributed by atoms with Crippen LogP contribution in [0.4, 0.5) is 4.79 Å². The van der Waals surface area contributed by atoms with Gasteiger partial charge in [-0.2, -0.15) is 0 Å². The van der Waals surface area contributed by atoms with Crippen molar-refractivity contribution in [1.29, 1.82) is 0 Å². The van der Waals surface area contributed by atoms with Crippen LogP contribution in [0.1, 0.15) is 52.4 Å². The van der Waals surface area contributed by atoms with E-state index in [1.165, 1.54) is 4.90 Å². The van der Waals surface area contributed by atoms with Gasteiger partial charge in [-0.15, -0.1) is 0 Å². The van der Waals surface area contributed by atoms with Gasteiger partial charge in [-0.05, 0) is 31.6 Å². The van der Waals surface area contributed by atoms with Crippen LogP contribution >= 0.6 is 0 Å². The molecular weight excluding hydrogens is 296 g/mol. The summed E-state index contributed by atoms with van der Waals surface area (Å²) in [6.45, 7) is 4.28. The first kappa shape index (κ1) is 17.6. The van der Waals surface area contributed by atoms with Crippen molar-refractivity contribution in [1.82, 2.24) is 15.5 Å². The van der Waals surface area contributed by atoms with Crippen LogP contribution in [0.25, 0.3) is 0 Å².